The number of ketones is 2. The van der Waals surface area contributed by atoms with Gasteiger partial charge in [0, 0.05) is 17.7 Å². The summed E-state index contributed by atoms with van der Waals surface area (Å²) in [6.07, 6.45) is 0. The number of carbonyl (C=O) groups excluding carboxylic acids is 4. The van der Waals surface area contributed by atoms with Gasteiger partial charge in [-0.05, 0) is 29.8 Å². The van der Waals surface area contributed by atoms with E-state index in [0.717, 1.165) is 30.3 Å². The molecule has 2 aliphatic rings. The molecule has 1 unspecified atom stereocenters. The Hall–Kier alpha value is -5.59. The predicted molar refractivity (Wildman–Crippen MR) is 122 cm³/mol. The number of carboxylic acid groups (broad SMARTS) is 1. The summed E-state index contributed by atoms with van der Waals surface area (Å²) >= 11 is 0. The lowest BCUT2D eigenvalue weighted by Crippen LogP contribution is -2.30. The molecular weight excluding hydrogens is 490 g/mol. The number of hydrogen-bond acceptors (Lipinski definition) is 9. The van der Waals surface area contributed by atoms with E-state index in [1.54, 1.807) is 0 Å². The molecule has 1 aliphatic carbocycles. The van der Waals surface area contributed by atoms with Crippen LogP contribution in [0, 0.1) is 20.2 Å². The molecule has 1 atom stereocenters. The summed E-state index contributed by atoms with van der Waals surface area (Å²) in [5.74, 6) is -7.02. The lowest BCUT2D eigenvalue weighted by atomic mass is 9.92. The number of Topliss-reactive ketones (excluding diaryl/α,β-unsaturated/α-hetero) is 2. The Labute approximate surface area is 204 Å². The van der Waals surface area contributed by atoms with Crippen molar-refractivity contribution in [3.05, 3.63) is 108 Å². The topological polar surface area (TPSA) is 195 Å². The zero-order chi connectivity index (χ0) is 26.8. The van der Waals surface area contributed by atoms with E-state index in [9.17, 15) is 49.3 Å². The Morgan fingerprint density at radius 3 is 1.97 bits per heavy atom. The third kappa shape index (κ3) is 3.29. The fourth-order valence-corrected chi connectivity index (χ4v) is 4.59. The summed E-state index contributed by atoms with van der Waals surface area (Å²) in [5, 5.41) is 32.5. The second kappa shape index (κ2) is 7.98. The normalized spacial score (nSPS) is 16.1. The predicted octanol–water partition coefficient (Wildman–Crippen LogP) is 3.16. The smallest absolute Gasteiger partial charge is 0.335 e. The number of rotatable bonds is 5. The van der Waals surface area contributed by atoms with Crippen molar-refractivity contribution in [1.29, 1.82) is 0 Å². The Morgan fingerprint density at radius 2 is 1.38 bits per heavy atom. The molecule has 13 heteroatoms. The van der Waals surface area contributed by atoms with Crippen LogP contribution in [0.1, 0.15) is 63.3 Å². The third-order valence-corrected chi connectivity index (χ3v) is 6.14. The van der Waals surface area contributed by atoms with Crippen molar-refractivity contribution < 1.29 is 38.9 Å². The number of nitro groups is 2. The quantitative estimate of drug-likeness (QED) is 0.235. The van der Waals surface area contributed by atoms with Gasteiger partial charge in [0.05, 0.1) is 26.7 Å². The van der Waals surface area contributed by atoms with Crippen LogP contribution in [-0.4, -0.2) is 44.3 Å². The molecule has 0 radical (unpaired) electrons. The average molecular weight is 501 g/mol. The Balaban J connectivity index is 1.66. The van der Waals surface area contributed by atoms with E-state index in [2.05, 4.69) is 0 Å². The monoisotopic (exact) mass is 501 g/mol. The van der Waals surface area contributed by atoms with Crippen LogP contribution in [-0.2, 0) is 0 Å². The fourth-order valence-electron chi connectivity index (χ4n) is 4.59. The maximum atomic E-state index is 13.2. The van der Waals surface area contributed by atoms with Gasteiger partial charge in [-0.25, -0.2) is 9.69 Å². The molecule has 1 N–H and O–H groups in total. The molecule has 0 spiro atoms. The van der Waals surface area contributed by atoms with Crippen molar-refractivity contribution in [3.8, 4) is 0 Å². The summed E-state index contributed by atoms with van der Waals surface area (Å²) in [7, 11) is 0. The van der Waals surface area contributed by atoms with Crippen molar-refractivity contribution in [2.24, 2.45) is 0 Å². The highest BCUT2D eigenvalue weighted by molar-refractivity contribution is 6.36. The Morgan fingerprint density at radius 1 is 0.784 bits per heavy atom. The first kappa shape index (κ1) is 23.2. The highest BCUT2D eigenvalue weighted by Gasteiger charge is 2.46. The van der Waals surface area contributed by atoms with Gasteiger partial charge < -0.3 is 5.11 Å². The first-order chi connectivity index (χ1) is 17.5. The first-order valence-electron chi connectivity index (χ1n) is 10.4. The lowest BCUT2D eigenvalue weighted by Gasteiger charge is -2.17. The van der Waals surface area contributed by atoms with Gasteiger partial charge in [0.25, 0.3) is 23.2 Å². The molecular formula is C24H11N3O10. The van der Waals surface area contributed by atoms with Crippen LogP contribution in [0.15, 0.2) is 54.6 Å². The number of nitrogens with zero attached hydrogens (tertiary/aromatic N) is 3. The van der Waals surface area contributed by atoms with Gasteiger partial charge >= 0.3 is 5.97 Å². The van der Waals surface area contributed by atoms with E-state index >= 15 is 0 Å². The van der Waals surface area contributed by atoms with E-state index in [1.165, 1.54) is 24.3 Å². The minimum Gasteiger partial charge on any atom is -0.478 e. The van der Waals surface area contributed by atoms with Crippen LogP contribution in [0.25, 0.3) is 0 Å². The van der Waals surface area contributed by atoms with Crippen LogP contribution >= 0.6 is 0 Å². The zero-order valence-corrected chi connectivity index (χ0v) is 18.2. The fraction of sp³-hybridized carbons (Fsp3) is 0.0417. The maximum absolute atomic E-state index is 13.2. The van der Waals surface area contributed by atoms with Gasteiger partial charge in [0.1, 0.15) is 17.0 Å². The van der Waals surface area contributed by atoms with Gasteiger partial charge in [-0.3, -0.25) is 39.4 Å². The van der Waals surface area contributed by atoms with Gasteiger partial charge in [-0.2, -0.15) is 0 Å². The summed E-state index contributed by atoms with van der Waals surface area (Å²) in [6, 6.07) is 9.96. The number of aromatic carboxylic acids is 1. The number of hydrogen-bond donors (Lipinski definition) is 1. The molecule has 1 aliphatic heterocycles. The highest BCUT2D eigenvalue weighted by atomic mass is 16.6. The van der Waals surface area contributed by atoms with Gasteiger partial charge in [0.2, 0.25) is 0 Å². The van der Waals surface area contributed by atoms with Gasteiger partial charge in [0.15, 0.2) is 11.6 Å². The summed E-state index contributed by atoms with van der Waals surface area (Å²) in [5.41, 5.74) is -3.71. The summed E-state index contributed by atoms with van der Waals surface area (Å²) < 4.78 is 0. The Bertz CT molecular complexity index is 1550. The molecule has 0 saturated carbocycles. The standard InChI is InChI=1S/C24H11N3O10/c28-20-13-3-1-5-15(26(34)35)18(13)21(29)17(20)10-7-11(24(32)33)9-12(8-10)25-22(30)14-4-2-6-16(27(36)37)19(14)23(25)31/h1-9,17H,(H,32,33). The SMILES string of the molecule is O=C(O)c1cc(C2C(=O)c3cccc([N+](=O)[O-])c3C2=O)cc(N2C(=O)c3cccc([N+](=O)[O-])c3C2=O)c1. The van der Waals surface area contributed by atoms with Crippen molar-refractivity contribution >= 4 is 46.4 Å². The van der Waals surface area contributed by atoms with E-state index in [0.29, 0.717) is 4.90 Å². The van der Waals surface area contributed by atoms with E-state index in [-0.39, 0.29) is 22.4 Å². The molecule has 3 aromatic rings. The number of carbonyl (C=O) groups is 5. The van der Waals surface area contributed by atoms with Crippen LogP contribution in [0.4, 0.5) is 17.1 Å². The maximum Gasteiger partial charge on any atom is 0.335 e. The van der Waals surface area contributed by atoms with Crippen molar-refractivity contribution in [3.63, 3.8) is 0 Å². The molecule has 0 fully saturated rings. The Kier molecular flexibility index (Phi) is 5.00. The van der Waals surface area contributed by atoms with Crippen LogP contribution in [0.3, 0.4) is 0 Å². The summed E-state index contributed by atoms with van der Waals surface area (Å²) in [6.45, 7) is 0. The zero-order valence-electron chi connectivity index (χ0n) is 18.2. The highest BCUT2D eigenvalue weighted by Crippen LogP contribution is 2.41. The lowest BCUT2D eigenvalue weighted by molar-refractivity contribution is -0.385. The molecule has 37 heavy (non-hydrogen) atoms. The molecule has 0 bridgehead atoms. The minimum atomic E-state index is -1.67. The second-order valence-electron chi connectivity index (χ2n) is 8.14. The van der Waals surface area contributed by atoms with E-state index in [1.807, 2.05) is 0 Å². The van der Waals surface area contributed by atoms with Crippen molar-refractivity contribution in [1.82, 2.24) is 0 Å². The number of fused-ring (bicyclic) bond motifs is 2. The molecule has 3 aromatic carbocycles. The number of benzene rings is 3. The number of anilines is 1. The second-order valence-corrected chi connectivity index (χ2v) is 8.14. The molecule has 0 aromatic heterocycles. The number of imide groups is 1. The van der Waals surface area contributed by atoms with Gasteiger partial charge in [-0.15, -0.1) is 0 Å². The van der Waals surface area contributed by atoms with E-state index in [4.69, 9.17) is 0 Å². The van der Waals surface area contributed by atoms with E-state index < -0.39 is 73.2 Å². The molecule has 2 amide bonds. The third-order valence-electron chi connectivity index (χ3n) is 6.14. The first-order valence-corrected chi connectivity index (χ1v) is 10.4. The number of nitro benzene ring substituents is 2. The number of amides is 2. The largest absolute Gasteiger partial charge is 0.478 e. The molecule has 13 nitrogen and oxygen atoms in total. The van der Waals surface area contributed by atoms with Crippen LogP contribution < -0.4 is 4.90 Å². The number of carboxylic acids is 1. The van der Waals surface area contributed by atoms with Crippen molar-refractivity contribution in [2.75, 3.05) is 4.90 Å². The molecule has 182 valence electrons. The average Bonchev–Trinajstić information content (AvgIpc) is 3.27. The minimum absolute atomic E-state index is 0.220. The van der Waals surface area contributed by atoms with Crippen molar-refractivity contribution in [2.45, 2.75) is 5.92 Å². The molecule has 5 rings (SSSR count). The molecule has 1 heterocycles. The van der Waals surface area contributed by atoms with Crippen LogP contribution in [0.5, 0.6) is 0 Å². The van der Waals surface area contributed by atoms with Gasteiger partial charge in [-0.1, -0.05) is 18.2 Å². The molecule has 0 saturated heterocycles. The summed E-state index contributed by atoms with van der Waals surface area (Å²) in [4.78, 5) is 86.0. The van der Waals surface area contributed by atoms with Crippen LogP contribution in [0.2, 0.25) is 0 Å².